The Morgan fingerprint density at radius 1 is 1.42 bits per heavy atom. The Balaban J connectivity index is 2.54. The summed E-state index contributed by atoms with van der Waals surface area (Å²) in [5.74, 6) is -0.0439. The Kier molecular flexibility index (Phi) is 1.94. The van der Waals surface area contributed by atoms with Crippen molar-refractivity contribution in [2.75, 3.05) is 6.61 Å². The van der Waals surface area contributed by atoms with Crippen LogP contribution in [0.5, 0.6) is 0 Å². The molecule has 0 aliphatic carbocycles. The average molecular weight is 228 g/mol. The molecule has 0 radical (unpaired) electrons. The fraction of sp³-hybridized carbons (Fsp3) is 0.250. The lowest BCUT2D eigenvalue weighted by atomic mass is 10.1. The molecule has 0 saturated heterocycles. The number of ketones is 1. The van der Waals surface area contributed by atoms with Crippen LogP contribution in [0.1, 0.15) is 16.1 Å². The van der Waals surface area contributed by atoms with Gasteiger partial charge < -0.3 is 4.74 Å². The van der Waals surface area contributed by atoms with Gasteiger partial charge in [0.25, 0.3) is 0 Å². The van der Waals surface area contributed by atoms with Crippen molar-refractivity contribution >= 4 is 21.7 Å². The van der Waals surface area contributed by atoms with Gasteiger partial charge in [0.2, 0.25) is 5.78 Å². The Morgan fingerprint density at radius 2 is 2.25 bits per heavy atom. The number of fused-ring (bicyclic) bond motifs is 1. The van der Waals surface area contributed by atoms with E-state index in [1.54, 1.807) is 6.07 Å². The number of rotatable bonds is 0. The van der Waals surface area contributed by atoms with Gasteiger partial charge in [-0.2, -0.15) is 0 Å². The van der Waals surface area contributed by atoms with Crippen molar-refractivity contribution in [1.82, 2.24) is 4.98 Å². The first-order chi connectivity index (χ1) is 5.77. The van der Waals surface area contributed by atoms with Crippen LogP contribution < -0.4 is 0 Å². The maximum atomic E-state index is 11.2. The molecule has 0 unspecified atom stereocenters. The number of hydrogen-bond acceptors (Lipinski definition) is 3. The highest BCUT2D eigenvalue weighted by Crippen LogP contribution is 2.17. The minimum atomic E-state index is -0.0439. The molecular weight excluding hydrogens is 222 g/mol. The number of carbonyl (C=O) groups excluding carboxylic acids is 1. The summed E-state index contributed by atoms with van der Waals surface area (Å²) in [6, 6.07) is 3.66. The molecule has 0 fully saturated rings. The first-order valence-electron chi connectivity index (χ1n) is 3.54. The van der Waals surface area contributed by atoms with Crippen LogP contribution in [-0.4, -0.2) is 17.4 Å². The first kappa shape index (κ1) is 7.89. The van der Waals surface area contributed by atoms with Gasteiger partial charge in [0.05, 0.1) is 6.61 Å². The van der Waals surface area contributed by atoms with Crippen molar-refractivity contribution < 1.29 is 9.53 Å². The number of halogens is 1. The van der Waals surface area contributed by atoms with E-state index in [-0.39, 0.29) is 12.4 Å². The third-order valence-corrected chi connectivity index (χ3v) is 2.14. The Morgan fingerprint density at radius 3 is 3.08 bits per heavy atom. The van der Waals surface area contributed by atoms with Crippen molar-refractivity contribution in [3.8, 4) is 0 Å². The molecule has 4 heteroatoms. The van der Waals surface area contributed by atoms with E-state index < -0.39 is 0 Å². The maximum absolute atomic E-state index is 11.2. The van der Waals surface area contributed by atoms with Gasteiger partial charge in [-0.1, -0.05) is 6.07 Å². The van der Waals surface area contributed by atoms with Gasteiger partial charge in [0.15, 0.2) is 0 Å². The molecule has 0 bridgehead atoms. The van der Waals surface area contributed by atoms with E-state index in [2.05, 4.69) is 20.9 Å². The summed E-state index contributed by atoms with van der Waals surface area (Å²) in [7, 11) is 0. The molecule has 12 heavy (non-hydrogen) atoms. The zero-order valence-electron chi connectivity index (χ0n) is 6.21. The monoisotopic (exact) mass is 227 g/mol. The molecule has 0 amide bonds. The molecule has 0 N–H and O–H groups in total. The summed E-state index contributed by atoms with van der Waals surface area (Å²) >= 11 is 3.21. The number of pyridine rings is 1. The van der Waals surface area contributed by atoms with Gasteiger partial charge >= 0.3 is 0 Å². The molecule has 0 saturated carbocycles. The number of ether oxygens (including phenoxy) is 1. The molecule has 0 spiro atoms. The second kappa shape index (κ2) is 2.95. The molecule has 1 aromatic rings. The van der Waals surface area contributed by atoms with E-state index in [1.165, 1.54) is 0 Å². The zero-order chi connectivity index (χ0) is 8.55. The SMILES string of the molecule is O=C1COCc2ccc(Br)nc21. The smallest absolute Gasteiger partial charge is 0.207 e. The summed E-state index contributed by atoms with van der Waals surface area (Å²) in [5.41, 5.74) is 1.41. The van der Waals surface area contributed by atoms with E-state index in [0.29, 0.717) is 16.9 Å². The number of Topliss-reactive ketones (excluding diaryl/α,β-unsaturated/α-hetero) is 1. The summed E-state index contributed by atoms with van der Waals surface area (Å²) in [6.45, 7) is 0.637. The minimum absolute atomic E-state index is 0.0439. The topological polar surface area (TPSA) is 39.2 Å². The number of nitrogens with zero attached hydrogens (tertiary/aromatic N) is 1. The van der Waals surface area contributed by atoms with Gasteiger partial charge in [-0.15, -0.1) is 0 Å². The van der Waals surface area contributed by atoms with Gasteiger partial charge in [-0.05, 0) is 22.0 Å². The van der Waals surface area contributed by atoms with Crippen molar-refractivity contribution in [3.63, 3.8) is 0 Å². The van der Waals surface area contributed by atoms with Crippen LogP contribution in [-0.2, 0) is 11.3 Å². The van der Waals surface area contributed by atoms with Crippen molar-refractivity contribution in [2.45, 2.75) is 6.61 Å². The molecule has 62 valence electrons. The first-order valence-corrected chi connectivity index (χ1v) is 4.33. The molecule has 0 aromatic carbocycles. The van der Waals surface area contributed by atoms with Gasteiger partial charge in [0, 0.05) is 5.56 Å². The molecule has 3 nitrogen and oxygen atoms in total. The van der Waals surface area contributed by atoms with E-state index in [1.807, 2.05) is 6.07 Å². The van der Waals surface area contributed by atoms with E-state index in [4.69, 9.17) is 4.74 Å². The fourth-order valence-electron chi connectivity index (χ4n) is 1.14. The lowest BCUT2D eigenvalue weighted by Gasteiger charge is -2.13. The molecule has 1 aliphatic heterocycles. The minimum Gasteiger partial charge on any atom is -0.368 e. The largest absolute Gasteiger partial charge is 0.368 e. The Hall–Kier alpha value is -0.740. The van der Waals surface area contributed by atoms with Crippen LogP contribution in [0.2, 0.25) is 0 Å². The van der Waals surface area contributed by atoms with Crippen LogP contribution in [0.25, 0.3) is 0 Å². The molecular formula is C8H6BrNO2. The predicted octanol–water partition coefficient (Wildman–Crippen LogP) is 1.56. The Labute approximate surface area is 77.9 Å². The van der Waals surface area contributed by atoms with Crippen molar-refractivity contribution in [3.05, 3.63) is 28.0 Å². The van der Waals surface area contributed by atoms with Gasteiger partial charge in [0.1, 0.15) is 16.9 Å². The molecule has 1 aliphatic rings. The van der Waals surface area contributed by atoms with Crippen LogP contribution in [0.15, 0.2) is 16.7 Å². The van der Waals surface area contributed by atoms with E-state index in [9.17, 15) is 4.79 Å². The normalized spacial score (nSPS) is 15.9. The summed E-state index contributed by atoms with van der Waals surface area (Å²) in [6.07, 6.45) is 0. The van der Waals surface area contributed by atoms with Gasteiger partial charge in [-0.25, -0.2) is 4.98 Å². The molecule has 2 heterocycles. The average Bonchev–Trinajstić information content (AvgIpc) is 2.07. The third kappa shape index (κ3) is 1.28. The highest BCUT2D eigenvalue weighted by molar-refractivity contribution is 9.10. The van der Waals surface area contributed by atoms with E-state index in [0.717, 1.165) is 5.56 Å². The van der Waals surface area contributed by atoms with Crippen molar-refractivity contribution in [1.29, 1.82) is 0 Å². The number of hydrogen-bond donors (Lipinski definition) is 0. The maximum Gasteiger partial charge on any atom is 0.207 e. The van der Waals surface area contributed by atoms with Crippen LogP contribution in [0, 0.1) is 0 Å². The zero-order valence-corrected chi connectivity index (χ0v) is 7.80. The summed E-state index contributed by atoms with van der Waals surface area (Å²) in [4.78, 5) is 15.3. The van der Waals surface area contributed by atoms with E-state index >= 15 is 0 Å². The molecule has 2 rings (SSSR count). The Bertz CT molecular complexity index is 338. The number of aromatic nitrogens is 1. The van der Waals surface area contributed by atoms with Crippen molar-refractivity contribution in [2.24, 2.45) is 0 Å². The lowest BCUT2D eigenvalue weighted by molar-refractivity contribution is 0.0656. The van der Waals surface area contributed by atoms with Crippen LogP contribution in [0.4, 0.5) is 0 Å². The quantitative estimate of drug-likeness (QED) is 0.632. The molecule has 1 aromatic heterocycles. The number of carbonyl (C=O) groups is 1. The van der Waals surface area contributed by atoms with Crippen LogP contribution >= 0.6 is 15.9 Å². The highest BCUT2D eigenvalue weighted by Gasteiger charge is 2.18. The lowest BCUT2D eigenvalue weighted by Crippen LogP contribution is -2.19. The second-order valence-electron chi connectivity index (χ2n) is 2.56. The highest BCUT2D eigenvalue weighted by atomic mass is 79.9. The van der Waals surface area contributed by atoms with Gasteiger partial charge in [-0.3, -0.25) is 4.79 Å². The summed E-state index contributed by atoms with van der Waals surface area (Å²) in [5, 5.41) is 0. The third-order valence-electron chi connectivity index (χ3n) is 1.70. The van der Waals surface area contributed by atoms with Crippen LogP contribution in [0.3, 0.4) is 0 Å². The summed E-state index contributed by atoms with van der Waals surface area (Å²) < 4.78 is 5.73. The predicted molar refractivity (Wildman–Crippen MR) is 45.9 cm³/mol. The second-order valence-corrected chi connectivity index (χ2v) is 3.37. The molecule has 0 atom stereocenters. The fourth-order valence-corrected chi connectivity index (χ4v) is 1.45. The standard InChI is InChI=1S/C8H6BrNO2/c9-7-2-1-5-3-12-4-6(11)8(5)10-7/h1-2H,3-4H2.